The monoisotopic (exact) mass is 628 g/mol. The molecule has 1 aromatic heterocycles. The van der Waals surface area contributed by atoms with Crippen LogP contribution in [0.15, 0.2) is 70.7 Å². The number of sulfonamides is 1. The normalized spacial score (nSPS) is 11.3. The van der Waals surface area contributed by atoms with E-state index in [9.17, 15) is 13.2 Å². The third-order valence-corrected chi connectivity index (χ3v) is 8.34. The summed E-state index contributed by atoms with van der Waals surface area (Å²) in [6.45, 7) is -0.666. The van der Waals surface area contributed by atoms with Crippen LogP contribution in [0, 0.1) is 0 Å². The number of amides is 1. The molecule has 0 aliphatic heterocycles. The van der Waals surface area contributed by atoms with E-state index in [0.29, 0.717) is 28.3 Å². The van der Waals surface area contributed by atoms with Crippen LogP contribution >= 0.6 is 11.6 Å². The molecule has 1 amide bonds. The summed E-state index contributed by atoms with van der Waals surface area (Å²) in [6, 6.07) is 15.8. The topological polar surface area (TPSA) is 138 Å². The average Bonchev–Trinajstić information content (AvgIpc) is 3.02. The van der Waals surface area contributed by atoms with E-state index in [2.05, 4.69) is 15.5 Å². The van der Waals surface area contributed by atoms with Gasteiger partial charge in [-0.3, -0.25) is 9.10 Å². The maximum Gasteiger partial charge on any atom is 0.265 e. The Balaban J connectivity index is 1.66. The van der Waals surface area contributed by atoms with Crippen LogP contribution in [0.1, 0.15) is 5.56 Å². The summed E-state index contributed by atoms with van der Waals surface area (Å²) in [5.41, 5.74) is 3.47. The summed E-state index contributed by atoms with van der Waals surface area (Å²) >= 11 is 6.33. The molecule has 3 aromatic carbocycles. The summed E-state index contributed by atoms with van der Waals surface area (Å²) in [5, 5.41) is 4.91. The minimum atomic E-state index is -4.37. The van der Waals surface area contributed by atoms with Crippen molar-refractivity contribution in [3.05, 3.63) is 71.4 Å². The Bertz CT molecular complexity index is 1780. The van der Waals surface area contributed by atoms with E-state index in [-0.39, 0.29) is 27.2 Å². The summed E-state index contributed by atoms with van der Waals surface area (Å²) in [4.78, 5) is 17.3. The van der Waals surface area contributed by atoms with E-state index in [0.717, 1.165) is 9.69 Å². The van der Waals surface area contributed by atoms with Gasteiger partial charge < -0.3 is 23.7 Å². The molecule has 0 aliphatic carbocycles. The van der Waals surface area contributed by atoms with Crippen molar-refractivity contribution in [3.63, 3.8) is 0 Å². The van der Waals surface area contributed by atoms with Crippen LogP contribution in [0.4, 0.5) is 5.69 Å². The predicted octanol–water partition coefficient (Wildman–Crippen LogP) is 4.28. The maximum atomic E-state index is 14.0. The number of hydrogen-bond donors (Lipinski definition) is 1. The minimum absolute atomic E-state index is 0.0629. The van der Waals surface area contributed by atoms with Crippen LogP contribution in [0.25, 0.3) is 10.9 Å². The van der Waals surface area contributed by atoms with Crippen LogP contribution in [0.3, 0.4) is 0 Å². The molecular formula is C29H29ClN4O8S. The van der Waals surface area contributed by atoms with Gasteiger partial charge in [0.2, 0.25) is 0 Å². The smallest absolute Gasteiger partial charge is 0.265 e. The molecule has 226 valence electrons. The number of benzene rings is 3. The summed E-state index contributed by atoms with van der Waals surface area (Å²) in [6.07, 6.45) is 1.32. The first kappa shape index (κ1) is 31.2. The maximum absolute atomic E-state index is 14.0. The third kappa shape index (κ3) is 6.84. The molecule has 4 aromatic rings. The van der Waals surface area contributed by atoms with E-state index in [1.54, 1.807) is 31.4 Å². The molecule has 1 N–H and O–H groups in total. The first-order valence-electron chi connectivity index (χ1n) is 12.6. The van der Waals surface area contributed by atoms with Gasteiger partial charge in [0.15, 0.2) is 11.5 Å². The number of rotatable bonds is 12. The molecule has 0 unspecified atom stereocenters. The lowest BCUT2D eigenvalue weighted by Gasteiger charge is -2.26. The van der Waals surface area contributed by atoms with E-state index < -0.39 is 22.5 Å². The number of halogens is 1. The zero-order valence-corrected chi connectivity index (χ0v) is 25.5. The summed E-state index contributed by atoms with van der Waals surface area (Å²) in [7, 11) is 2.82. The number of anilines is 1. The highest BCUT2D eigenvalue weighted by atomic mass is 35.5. The van der Waals surface area contributed by atoms with Crippen LogP contribution < -0.4 is 33.4 Å². The van der Waals surface area contributed by atoms with Crippen LogP contribution in [0.2, 0.25) is 5.15 Å². The fourth-order valence-electron chi connectivity index (χ4n) is 4.09. The van der Waals surface area contributed by atoms with E-state index in [1.807, 2.05) is 6.07 Å². The second-order valence-corrected chi connectivity index (χ2v) is 11.0. The van der Waals surface area contributed by atoms with Crippen LogP contribution in [0.5, 0.6) is 28.7 Å². The summed E-state index contributed by atoms with van der Waals surface area (Å²) in [5.74, 6) is 0.934. The second-order valence-electron chi connectivity index (χ2n) is 8.79. The minimum Gasteiger partial charge on any atom is -0.497 e. The van der Waals surface area contributed by atoms with E-state index in [1.165, 1.54) is 65.0 Å². The van der Waals surface area contributed by atoms with Crippen molar-refractivity contribution in [2.24, 2.45) is 5.10 Å². The first-order valence-corrected chi connectivity index (χ1v) is 14.4. The highest BCUT2D eigenvalue weighted by molar-refractivity contribution is 7.92. The molecule has 0 atom stereocenters. The molecule has 0 saturated heterocycles. The Labute approximate surface area is 253 Å². The van der Waals surface area contributed by atoms with Crippen LogP contribution in [-0.4, -0.2) is 67.6 Å². The second kappa shape index (κ2) is 13.5. The molecule has 4 rings (SSSR count). The molecule has 43 heavy (non-hydrogen) atoms. The third-order valence-electron chi connectivity index (χ3n) is 6.28. The molecule has 0 aliphatic rings. The Morgan fingerprint density at radius 1 is 0.860 bits per heavy atom. The van der Waals surface area contributed by atoms with Gasteiger partial charge in [-0.25, -0.2) is 18.8 Å². The molecule has 12 nitrogen and oxygen atoms in total. The van der Waals surface area contributed by atoms with Gasteiger partial charge in [0, 0.05) is 29.1 Å². The highest BCUT2D eigenvalue weighted by Crippen LogP contribution is 2.37. The lowest BCUT2D eigenvalue weighted by Crippen LogP contribution is -2.39. The average molecular weight is 629 g/mol. The van der Waals surface area contributed by atoms with Gasteiger partial charge in [-0.15, -0.1) is 0 Å². The summed E-state index contributed by atoms with van der Waals surface area (Å²) < 4.78 is 55.3. The number of nitrogens with one attached hydrogen (secondary N) is 1. The molecule has 0 spiro atoms. The number of hydrogen-bond acceptors (Lipinski definition) is 10. The lowest BCUT2D eigenvalue weighted by molar-refractivity contribution is -0.119. The molecular weight excluding hydrogens is 600 g/mol. The number of carbonyl (C=O) groups is 1. The highest BCUT2D eigenvalue weighted by Gasteiger charge is 2.31. The quantitative estimate of drug-likeness (QED) is 0.138. The fraction of sp³-hybridized carbons (Fsp3) is 0.207. The Morgan fingerprint density at radius 2 is 1.51 bits per heavy atom. The van der Waals surface area contributed by atoms with Gasteiger partial charge >= 0.3 is 0 Å². The van der Waals surface area contributed by atoms with Gasteiger partial charge in [-0.2, -0.15) is 5.10 Å². The van der Waals surface area contributed by atoms with Gasteiger partial charge in [-0.05, 0) is 42.5 Å². The number of ether oxygens (including phenoxy) is 5. The van der Waals surface area contributed by atoms with Crippen molar-refractivity contribution < 1.29 is 36.9 Å². The number of pyridine rings is 1. The van der Waals surface area contributed by atoms with E-state index in [4.69, 9.17) is 35.3 Å². The SMILES string of the molecule is COc1ccc(OC)c(N(CC(=O)N/N=C\c2cc3ccc(OC)cc3nc2Cl)S(=O)(=O)c2ccc(OC)c(OC)c2)c1. The van der Waals surface area contributed by atoms with Crippen molar-refractivity contribution in [1.82, 2.24) is 10.4 Å². The lowest BCUT2D eigenvalue weighted by atomic mass is 10.1. The number of fused-ring (bicyclic) bond motifs is 1. The van der Waals surface area contributed by atoms with Crippen molar-refractivity contribution in [2.45, 2.75) is 4.90 Å². The van der Waals surface area contributed by atoms with Crippen molar-refractivity contribution in [2.75, 3.05) is 46.4 Å². The first-order chi connectivity index (χ1) is 20.6. The fourth-order valence-corrected chi connectivity index (χ4v) is 5.73. The number of methoxy groups -OCH3 is 5. The molecule has 0 bridgehead atoms. The standard InChI is InChI=1S/C29H29ClN4O8S/c1-38-20-7-6-18-12-19(29(30)32-23(18)13-20)16-31-33-28(35)17-34(24-14-21(39-2)8-10-25(24)40-3)43(36,37)22-9-11-26(41-4)27(15-22)42-5/h6-16H,17H2,1-5H3,(H,33,35)/b31-16-. The molecule has 1 heterocycles. The van der Waals surface area contributed by atoms with Gasteiger partial charge in [-0.1, -0.05) is 11.6 Å². The number of hydrazone groups is 1. The zero-order chi connectivity index (χ0) is 31.1. The number of nitrogens with zero attached hydrogens (tertiary/aromatic N) is 3. The van der Waals surface area contributed by atoms with Gasteiger partial charge in [0.1, 0.15) is 28.9 Å². The Kier molecular flexibility index (Phi) is 9.78. The van der Waals surface area contributed by atoms with Crippen molar-refractivity contribution in [1.29, 1.82) is 0 Å². The van der Waals surface area contributed by atoms with Crippen LogP contribution in [-0.2, 0) is 14.8 Å². The van der Waals surface area contributed by atoms with Crippen molar-refractivity contribution >= 4 is 50.3 Å². The molecule has 14 heteroatoms. The van der Waals surface area contributed by atoms with Crippen molar-refractivity contribution in [3.8, 4) is 28.7 Å². The number of aromatic nitrogens is 1. The molecule has 0 fully saturated rings. The number of carbonyl (C=O) groups excluding carboxylic acids is 1. The Hall–Kier alpha value is -4.75. The Morgan fingerprint density at radius 3 is 2.19 bits per heavy atom. The van der Waals surface area contributed by atoms with Gasteiger partial charge in [0.25, 0.3) is 15.9 Å². The molecule has 0 radical (unpaired) electrons. The molecule has 0 saturated carbocycles. The van der Waals surface area contributed by atoms with Gasteiger partial charge in [0.05, 0.1) is 57.9 Å². The predicted molar refractivity (Wildman–Crippen MR) is 163 cm³/mol. The van der Waals surface area contributed by atoms with E-state index >= 15 is 0 Å². The zero-order valence-electron chi connectivity index (χ0n) is 24.0. The largest absolute Gasteiger partial charge is 0.497 e.